The number of halogens is 5. The van der Waals surface area contributed by atoms with Crippen molar-refractivity contribution >= 4 is 5.97 Å². The number of hydrogen-bond donors (Lipinski definition) is 0. The monoisotopic (exact) mass is 650 g/mol. The van der Waals surface area contributed by atoms with E-state index in [1.54, 1.807) is 12.1 Å². The molecule has 1 aromatic carbocycles. The maximum atomic E-state index is 15.2. The van der Waals surface area contributed by atoms with Crippen molar-refractivity contribution in [1.82, 2.24) is 0 Å². The van der Waals surface area contributed by atoms with Crippen LogP contribution in [-0.4, -0.2) is 18.2 Å². The molecule has 46 heavy (non-hydrogen) atoms. The van der Waals surface area contributed by atoms with Crippen LogP contribution in [0.2, 0.25) is 0 Å². The number of unbranched alkanes of at least 4 members (excludes halogenated alkanes) is 2. The molecule has 0 N–H and O–H groups in total. The van der Waals surface area contributed by atoms with Crippen molar-refractivity contribution in [3.63, 3.8) is 0 Å². The Balaban J connectivity index is 1.02. The van der Waals surface area contributed by atoms with Crippen LogP contribution in [-0.2, 0) is 4.74 Å². The lowest BCUT2D eigenvalue weighted by molar-refractivity contribution is -0.0821. The summed E-state index contributed by atoms with van der Waals surface area (Å²) in [6.45, 7) is 2.27. The highest BCUT2D eigenvalue weighted by Gasteiger charge is 2.36. The second kappa shape index (κ2) is 16.5. The standard InChI is InChI=1S/C39H55F5O2/c1-2-3-4-5-26-6-8-27(9-7-26)28-10-12-31(13-11-28)33-20-23-35(36(40)24-33)38(45)46-34-21-18-30(19-22-34)29-14-16-32(17-15-29)37(41)25-39(42,43)44/h20,23-32,34H,2-19,21-22H2,1H3. The molecule has 4 aliphatic carbocycles. The van der Waals surface area contributed by atoms with E-state index in [2.05, 4.69) is 6.92 Å². The van der Waals surface area contributed by atoms with E-state index in [0.717, 1.165) is 61.8 Å². The van der Waals surface area contributed by atoms with E-state index in [1.807, 2.05) is 6.07 Å². The van der Waals surface area contributed by atoms with Crippen LogP contribution in [0.1, 0.15) is 157 Å². The molecule has 0 radical (unpaired) electrons. The summed E-state index contributed by atoms with van der Waals surface area (Å²) in [5.74, 6) is 0.940. The van der Waals surface area contributed by atoms with Crippen LogP contribution in [0, 0.1) is 41.3 Å². The largest absolute Gasteiger partial charge is 0.459 e. The van der Waals surface area contributed by atoms with Crippen molar-refractivity contribution in [2.75, 3.05) is 0 Å². The molecular formula is C39H55F5O2. The molecule has 0 atom stereocenters. The summed E-state index contributed by atoms with van der Waals surface area (Å²) in [6.07, 6.45) is 16.0. The quantitative estimate of drug-likeness (QED) is 0.143. The van der Waals surface area contributed by atoms with Gasteiger partial charge in [-0.3, -0.25) is 0 Å². The topological polar surface area (TPSA) is 26.3 Å². The molecule has 4 aliphatic rings. The zero-order chi connectivity index (χ0) is 32.7. The first-order valence-corrected chi connectivity index (χ1v) is 18.5. The summed E-state index contributed by atoms with van der Waals surface area (Å²) in [5.41, 5.74) is 0.999. The predicted molar refractivity (Wildman–Crippen MR) is 173 cm³/mol. The molecule has 0 saturated heterocycles. The van der Waals surface area contributed by atoms with Gasteiger partial charge in [-0.25, -0.2) is 13.6 Å². The van der Waals surface area contributed by atoms with Crippen molar-refractivity contribution in [1.29, 1.82) is 0 Å². The first kappa shape index (κ1) is 35.4. The zero-order valence-corrected chi connectivity index (χ0v) is 27.8. The average Bonchev–Trinajstić information content (AvgIpc) is 3.05. The van der Waals surface area contributed by atoms with Gasteiger partial charge in [-0.15, -0.1) is 0 Å². The molecule has 0 aliphatic heterocycles. The Bertz CT molecular complexity index is 1130. The van der Waals surface area contributed by atoms with Crippen molar-refractivity contribution in [3.8, 4) is 0 Å². The third kappa shape index (κ3) is 9.81. The number of carbonyl (C=O) groups excluding carboxylic acids is 1. The Hall–Kier alpha value is -1.92. The molecule has 2 nitrogen and oxygen atoms in total. The van der Waals surface area contributed by atoms with Gasteiger partial charge in [-0.1, -0.05) is 51.5 Å². The maximum absolute atomic E-state index is 15.2. The molecule has 1 aromatic rings. The SMILES string of the molecule is CCCCCC1CCC(C2CCC(c3ccc(C(=O)OC4CCC(C5CCC(C(F)=CC(F)(F)F)CC5)CC4)c(F)c3)CC2)CC1. The predicted octanol–water partition coefficient (Wildman–Crippen LogP) is 12.4. The third-order valence-electron chi connectivity index (χ3n) is 12.4. The minimum Gasteiger partial charge on any atom is -0.459 e. The van der Waals surface area contributed by atoms with Gasteiger partial charge in [0.2, 0.25) is 0 Å². The highest BCUT2D eigenvalue weighted by molar-refractivity contribution is 5.89. The first-order valence-electron chi connectivity index (χ1n) is 18.5. The van der Waals surface area contributed by atoms with E-state index < -0.39 is 29.7 Å². The van der Waals surface area contributed by atoms with Crippen molar-refractivity contribution < 1.29 is 31.5 Å². The van der Waals surface area contributed by atoms with Crippen molar-refractivity contribution in [2.24, 2.45) is 35.5 Å². The van der Waals surface area contributed by atoms with Crippen molar-refractivity contribution in [3.05, 3.63) is 47.0 Å². The van der Waals surface area contributed by atoms with E-state index in [1.165, 1.54) is 64.2 Å². The molecular weight excluding hydrogens is 595 g/mol. The number of esters is 1. The Morgan fingerprint density at radius 2 is 1.33 bits per heavy atom. The Kier molecular flexibility index (Phi) is 12.7. The van der Waals surface area contributed by atoms with E-state index in [0.29, 0.717) is 43.4 Å². The van der Waals surface area contributed by atoms with Crippen LogP contribution in [0.4, 0.5) is 22.0 Å². The number of allylic oxidation sites excluding steroid dienone is 2. The van der Waals surface area contributed by atoms with E-state index in [4.69, 9.17) is 4.74 Å². The van der Waals surface area contributed by atoms with Gasteiger partial charge >= 0.3 is 12.1 Å². The van der Waals surface area contributed by atoms with Crippen LogP contribution in [0.25, 0.3) is 0 Å². The lowest BCUT2D eigenvalue weighted by Crippen LogP contribution is -2.30. The number of carbonyl (C=O) groups is 1. The van der Waals surface area contributed by atoms with Crippen LogP contribution >= 0.6 is 0 Å². The number of benzene rings is 1. The van der Waals surface area contributed by atoms with Gasteiger partial charge in [0.15, 0.2) is 0 Å². The average molecular weight is 651 g/mol. The summed E-state index contributed by atoms with van der Waals surface area (Å²) in [5, 5.41) is 0. The summed E-state index contributed by atoms with van der Waals surface area (Å²) in [7, 11) is 0. The van der Waals surface area contributed by atoms with Crippen LogP contribution in [0.5, 0.6) is 0 Å². The molecule has 4 fully saturated rings. The van der Waals surface area contributed by atoms with Gasteiger partial charge in [0, 0.05) is 5.92 Å². The molecule has 0 amide bonds. The maximum Gasteiger partial charge on any atom is 0.412 e. The normalized spacial score (nSPS) is 33.0. The Morgan fingerprint density at radius 1 is 0.783 bits per heavy atom. The first-order chi connectivity index (χ1) is 22.1. The zero-order valence-electron chi connectivity index (χ0n) is 27.8. The second-order valence-corrected chi connectivity index (χ2v) is 15.3. The van der Waals surface area contributed by atoms with Gasteiger partial charge in [0.25, 0.3) is 0 Å². The van der Waals surface area contributed by atoms with Gasteiger partial charge in [0.05, 0.1) is 11.6 Å². The van der Waals surface area contributed by atoms with Gasteiger partial charge < -0.3 is 4.74 Å². The molecule has 258 valence electrons. The molecule has 4 saturated carbocycles. The van der Waals surface area contributed by atoms with Crippen LogP contribution < -0.4 is 0 Å². The fourth-order valence-electron chi connectivity index (χ4n) is 9.54. The molecule has 0 spiro atoms. The minimum absolute atomic E-state index is 0.00233. The smallest absolute Gasteiger partial charge is 0.412 e. The number of hydrogen-bond acceptors (Lipinski definition) is 2. The third-order valence-corrected chi connectivity index (χ3v) is 12.4. The summed E-state index contributed by atoms with van der Waals surface area (Å²) in [4.78, 5) is 12.9. The summed E-state index contributed by atoms with van der Waals surface area (Å²) < 4.78 is 72.5. The molecule has 0 heterocycles. The summed E-state index contributed by atoms with van der Waals surface area (Å²) >= 11 is 0. The lowest BCUT2D eigenvalue weighted by Gasteiger charge is -2.38. The fraction of sp³-hybridized carbons (Fsp3) is 0.769. The highest BCUT2D eigenvalue weighted by Crippen LogP contribution is 2.45. The lowest BCUT2D eigenvalue weighted by atomic mass is 9.68. The Morgan fingerprint density at radius 3 is 1.87 bits per heavy atom. The fourth-order valence-corrected chi connectivity index (χ4v) is 9.54. The number of alkyl halides is 3. The van der Waals surface area contributed by atoms with Gasteiger partial charge in [-0.05, 0) is 143 Å². The molecule has 0 unspecified atom stereocenters. The van der Waals surface area contributed by atoms with Gasteiger partial charge in [0.1, 0.15) is 17.7 Å². The van der Waals surface area contributed by atoms with E-state index in [9.17, 15) is 22.4 Å². The van der Waals surface area contributed by atoms with Crippen molar-refractivity contribution in [2.45, 2.75) is 154 Å². The molecule has 0 bridgehead atoms. The molecule has 7 heteroatoms. The Labute approximate surface area is 273 Å². The van der Waals surface area contributed by atoms with Crippen LogP contribution in [0.3, 0.4) is 0 Å². The minimum atomic E-state index is -4.62. The van der Waals surface area contributed by atoms with E-state index >= 15 is 4.39 Å². The van der Waals surface area contributed by atoms with Gasteiger partial charge in [-0.2, -0.15) is 13.2 Å². The van der Waals surface area contributed by atoms with Crippen LogP contribution in [0.15, 0.2) is 30.1 Å². The second-order valence-electron chi connectivity index (χ2n) is 15.3. The summed E-state index contributed by atoms with van der Waals surface area (Å²) in [6, 6.07) is 5.09. The highest BCUT2D eigenvalue weighted by atomic mass is 19.4. The molecule has 5 rings (SSSR count). The van der Waals surface area contributed by atoms with E-state index in [-0.39, 0.29) is 17.7 Å². The number of rotatable bonds is 10. The number of ether oxygens (including phenoxy) is 1. The molecule has 0 aromatic heterocycles.